The molecule has 1 heterocycles. The Hall–Kier alpha value is -0.930. The summed E-state index contributed by atoms with van der Waals surface area (Å²) in [5.74, 6) is 0. The van der Waals surface area contributed by atoms with Gasteiger partial charge in [-0.15, -0.1) is 11.3 Å². The van der Waals surface area contributed by atoms with Gasteiger partial charge < -0.3 is 5.32 Å². The van der Waals surface area contributed by atoms with Crippen molar-refractivity contribution >= 4 is 21.6 Å². The average molecular weight is 248 g/mol. The lowest BCUT2D eigenvalue weighted by molar-refractivity contribution is 0.429. The van der Waals surface area contributed by atoms with Gasteiger partial charge in [0.2, 0.25) is 0 Å². The van der Waals surface area contributed by atoms with Crippen LogP contribution in [0.1, 0.15) is 31.3 Å². The van der Waals surface area contributed by atoms with E-state index in [1.54, 1.807) is 11.3 Å². The Kier molecular flexibility index (Phi) is 3.50. The Labute approximate surface area is 107 Å². The fourth-order valence-corrected chi connectivity index (χ4v) is 2.68. The van der Waals surface area contributed by atoms with Gasteiger partial charge in [0, 0.05) is 18.5 Å². The molecule has 2 rings (SSSR count). The summed E-state index contributed by atoms with van der Waals surface area (Å²) in [5.41, 5.74) is 2.61. The lowest BCUT2D eigenvalue weighted by atomic mass is 10.1. The van der Waals surface area contributed by atoms with E-state index in [-0.39, 0.29) is 5.54 Å². The summed E-state index contributed by atoms with van der Waals surface area (Å²) in [4.78, 5) is 4.67. The van der Waals surface area contributed by atoms with Gasteiger partial charge in [0.25, 0.3) is 0 Å². The summed E-state index contributed by atoms with van der Waals surface area (Å²) in [6.45, 7) is 9.67. The molecule has 2 nitrogen and oxygen atoms in total. The number of rotatable bonds is 3. The molecule has 0 saturated carbocycles. The predicted octanol–water partition coefficient (Wildman–Crippen LogP) is 3.54. The van der Waals surface area contributed by atoms with Gasteiger partial charge in [-0.05, 0) is 45.4 Å². The minimum Gasteiger partial charge on any atom is -0.312 e. The van der Waals surface area contributed by atoms with E-state index in [2.05, 4.69) is 56.2 Å². The number of aromatic nitrogens is 1. The van der Waals surface area contributed by atoms with Gasteiger partial charge in [0.1, 0.15) is 0 Å². The molecule has 0 saturated heterocycles. The normalized spacial score (nSPS) is 12.2. The van der Waals surface area contributed by atoms with E-state index in [0.717, 1.165) is 18.5 Å². The molecule has 2 aromatic rings. The highest BCUT2D eigenvalue weighted by Gasteiger charge is 2.09. The Morgan fingerprint density at radius 2 is 2.06 bits per heavy atom. The fraction of sp³-hybridized carbons (Fsp3) is 0.500. The number of nitrogens with one attached hydrogen (secondary N) is 1. The maximum absolute atomic E-state index is 4.67. The molecule has 0 amide bonds. The van der Waals surface area contributed by atoms with Gasteiger partial charge in [-0.3, -0.25) is 0 Å². The van der Waals surface area contributed by atoms with Gasteiger partial charge in [-0.1, -0.05) is 6.07 Å². The summed E-state index contributed by atoms with van der Waals surface area (Å²) < 4.78 is 1.29. The van der Waals surface area contributed by atoms with Crippen molar-refractivity contribution in [3.05, 3.63) is 28.8 Å². The van der Waals surface area contributed by atoms with Gasteiger partial charge in [-0.2, -0.15) is 0 Å². The molecule has 0 aliphatic rings. The molecular formula is C14H20N2S. The highest BCUT2D eigenvalue weighted by Crippen LogP contribution is 2.23. The molecule has 1 aromatic carbocycles. The second-order valence-corrected chi connectivity index (χ2v) is 6.62. The van der Waals surface area contributed by atoms with Crippen LogP contribution in [-0.2, 0) is 6.42 Å². The summed E-state index contributed by atoms with van der Waals surface area (Å²) in [5, 5.41) is 4.72. The fourth-order valence-electron chi connectivity index (χ4n) is 1.74. The van der Waals surface area contributed by atoms with Crippen molar-refractivity contribution in [3.8, 4) is 0 Å². The van der Waals surface area contributed by atoms with E-state index in [9.17, 15) is 0 Å². The molecule has 1 N–H and O–H groups in total. The smallest absolute Gasteiger partial charge is 0.0951 e. The van der Waals surface area contributed by atoms with Crippen LogP contribution in [0.25, 0.3) is 10.2 Å². The maximum atomic E-state index is 4.67. The Morgan fingerprint density at radius 1 is 1.29 bits per heavy atom. The van der Waals surface area contributed by atoms with Crippen LogP contribution in [0.3, 0.4) is 0 Å². The van der Waals surface area contributed by atoms with Crippen molar-refractivity contribution in [3.63, 3.8) is 0 Å². The van der Waals surface area contributed by atoms with Crippen LogP contribution in [-0.4, -0.2) is 17.1 Å². The van der Waals surface area contributed by atoms with Crippen LogP contribution >= 0.6 is 11.3 Å². The van der Waals surface area contributed by atoms with Crippen LogP contribution in [0.15, 0.2) is 18.2 Å². The van der Waals surface area contributed by atoms with Crippen LogP contribution in [0.4, 0.5) is 0 Å². The van der Waals surface area contributed by atoms with Crippen molar-refractivity contribution < 1.29 is 0 Å². The summed E-state index contributed by atoms with van der Waals surface area (Å²) in [6.07, 6.45) is 1.01. The Morgan fingerprint density at radius 3 is 2.76 bits per heavy atom. The predicted molar refractivity (Wildman–Crippen MR) is 75.8 cm³/mol. The lowest BCUT2D eigenvalue weighted by Gasteiger charge is -2.19. The highest BCUT2D eigenvalue weighted by molar-refractivity contribution is 7.18. The molecule has 0 radical (unpaired) electrons. The van der Waals surface area contributed by atoms with Gasteiger partial charge in [-0.25, -0.2) is 4.98 Å². The quantitative estimate of drug-likeness (QED) is 0.898. The van der Waals surface area contributed by atoms with E-state index < -0.39 is 0 Å². The minimum absolute atomic E-state index is 0.188. The molecule has 0 aliphatic carbocycles. The molecule has 0 fully saturated rings. The third-order valence-electron chi connectivity index (χ3n) is 2.58. The van der Waals surface area contributed by atoms with Gasteiger partial charge in [0.05, 0.1) is 15.2 Å². The highest BCUT2D eigenvalue weighted by atomic mass is 32.1. The van der Waals surface area contributed by atoms with Crippen LogP contribution in [0, 0.1) is 6.92 Å². The Balaban J connectivity index is 2.05. The number of benzene rings is 1. The molecule has 0 aliphatic heterocycles. The number of hydrogen-bond donors (Lipinski definition) is 1. The minimum atomic E-state index is 0.188. The third kappa shape index (κ3) is 3.51. The van der Waals surface area contributed by atoms with Crippen LogP contribution in [0.5, 0.6) is 0 Å². The molecule has 17 heavy (non-hydrogen) atoms. The zero-order chi connectivity index (χ0) is 12.5. The van der Waals surface area contributed by atoms with Gasteiger partial charge >= 0.3 is 0 Å². The van der Waals surface area contributed by atoms with E-state index >= 15 is 0 Å². The molecule has 0 bridgehead atoms. The van der Waals surface area contributed by atoms with E-state index in [1.165, 1.54) is 15.3 Å². The van der Waals surface area contributed by atoms with Crippen molar-refractivity contribution in [1.29, 1.82) is 0 Å². The average Bonchev–Trinajstić information content (AvgIpc) is 2.57. The first-order chi connectivity index (χ1) is 7.94. The molecule has 3 heteroatoms. The van der Waals surface area contributed by atoms with Crippen molar-refractivity contribution in [2.24, 2.45) is 0 Å². The first-order valence-electron chi connectivity index (χ1n) is 6.05. The van der Waals surface area contributed by atoms with Crippen molar-refractivity contribution in [1.82, 2.24) is 10.3 Å². The van der Waals surface area contributed by atoms with Gasteiger partial charge in [0.15, 0.2) is 0 Å². The van der Waals surface area contributed by atoms with E-state index in [1.807, 2.05) is 0 Å². The number of hydrogen-bond acceptors (Lipinski definition) is 3. The second kappa shape index (κ2) is 4.75. The molecule has 92 valence electrons. The Bertz CT molecular complexity index is 508. The SMILES string of the molecule is Cc1ccc2sc(CCNC(C)(C)C)nc2c1. The molecule has 1 aromatic heterocycles. The topological polar surface area (TPSA) is 24.9 Å². The number of thiazole rings is 1. The summed E-state index contributed by atoms with van der Waals surface area (Å²) in [6, 6.07) is 6.48. The monoisotopic (exact) mass is 248 g/mol. The number of nitrogens with zero attached hydrogens (tertiary/aromatic N) is 1. The molecule has 0 spiro atoms. The molecule has 0 atom stereocenters. The standard InChI is InChI=1S/C14H20N2S/c1-10-5-6-12-11(9-10)16-13(17-12)7-8-15-14(2,3)4/h5-6,9,15H,7-8H2,1-4H3. The van der Waals surface area contributed by atoms with E-state index in [4.69, 9.17) is 0 Å². The first-order valence-corrected chi connectivity index (χ1v) is 6.87. The maximum Gasteiger partial charge on any atom is 0.0951 e. The van der Waals surface area contributed by atoms with Crippen molar-refractivity contribution in [2.45, 2.75) is 39.7 Å². The van der Waals surface area contributed by atoms with Crippen LogP contribution in [0.2, 0.25) is 0 Å². The summed E-state index contributed by atoms with van der Waals surface area (Å²) >= 11 is 1.81. The zero-order valence-electron chi connectivity index (χ0n) is 11.0. The van der Waals surface area contributed by atoms with Crippen LogP contribution < -0.4 is 5.32 Å². The zero-order valence-corrected chi connectivity index (χ0v) is 11.8. The van der Waals surface area contributed by atoms with Crippen molar-refractivity contribution in [2.75, 3.05) is 6.54 Å². The molecule has 0 unspecified atom stereocenters. The summed E-state index contributed by atoms with van der Waals surface area (Å²) in [7, 11) is 0. The number of fused-ring (bicyclic) bond motifs is 1. The first kappa shape index (κ1) is 12.5. The third-order valence-corrected chi connectivity index (χ3v) is 3.68. The lowest BCUT2D eigenvalue weighted by Crippen LogP contribution is -2.37. The second-order valence-electron chi connectivity index (χ2n) is 5.51. The number of aryl methyl sites for hydroxylation is 1. The largest absolute Gasteiger partial charge is 0.312 e. The molecular weight excluding hydrogens is 228 g/mol. The van der Waals surface area contributed by atoms with E-state index in [0.29, 0.717) is 0 Å².